The van der Waals surface area contributed by atoms with Crippen molar-refractivity contribution in [2.24, 2.45) is 0 Å². The normalized spacial score (nSPS) is 18.3. The Morgan fingerprint density at radius 3 is 2.50 bits per heavy atom. The van der Waals surface area contributed by atoms with E-state index in [1.54, 1.807) is 6.26 Å². The summed E-state index contributed by atoms with van der Waals surface area (Å²) < 4.78 is 26.7. The summed E-state index contributed by atoms with van der Waals surface area (Å²) in [5.41, 5.74) is -1.02. The van der Waals surface area contributed by atoms with Gasteiger partial charge in [0.25, 0.3) is 0 Å². The zero-order chi connectivity index (χ0) is 10.3. The molecule has 1 aromatic carbocycles. The van der Waals surface area contributed by atoms with Crippen LogP contribution in [-0.2, 0) is 5.60 Å². The highest BCUT2D eigenvalue weighted by Crippen LogP contribution is 2.47. The molecule has 1 aliphatic rings. The zero-order valence-electron chi connectivity index (χ0n) is 7.68. The molecule has 2 rings (SSSR count). The van der Waals surface area contributed by atoms with Crippen molar-refractivity contribution >= 4 is 11.8 Å². The van der Waals surface area contributed by atoms with Crippen LogP contribution in [0.1, 0.15) is 18.4 Å². The number of hydrogen-bond acceptors (Lipinski definition) is 2. The quantitative estimate of drug-likeness (QED) is 0.767. The van der Waals surface area contributed by atoms with Crippen molar-refractivity contribution in [3.8, 4) is 0 Å². The second kappa shape index (κ2) is 3.21. The maximum atomic E-state index is 13.6. The summed E-state index contributed by atoms with van der Waals surface area (Å²) in [6.45, 7) is 0. The SMILES string of the molecule is CSc1cc(F)cc(C2(O)CC2)c1F. The first-order chi connectivity index (χ1) is 6.57. The average molecular weight is 216 g/mol. The number of halogens is 2. The fourth-order valence-corrected chi connectivity index (χ4v) is 1.96. The van der Waals surface area contributed by atoms with Crippen molar-refractivity contribution < 1.29 is 13.9 Å². The lowest BCUT2D eigenvalue weighted by Crippen LogP contribution is -2.08. The fraction of sp³-hybridized carbons (Fsp3) is 0.400. The molecule has 0 radical (unpaired) electrons. The van der Waals surface area contributed by atoms with Gasteiger partial charge in [0.1, 0.15) is 11.6 Å². The van der Waals surface area contributed by atoms with E-state index in [2.05, 4.69) is 0 Å². The fourth-order valence-electron chi connectivity index (χ4n) is 1.44. The van der Waals surface area contributed by atoms with Crippen LogP contribution >= 0.6 is 11.8 Å². The topological polar surface area (TPSA) is 20.2 Å². The molecule has 0 heterocycles. The maximum absolute atomic E-state index is 13.6. The van der Waals surface area contributed by atoms with Crippen LogP contribution in [0.3, 0.4) is 0 Å². The Bertz CT molecular complexity index is 375. The predicted molar refractivity (Wildman–Crippen MR) is 51.3 cm³/mol. The second-order valence-corrected chi connectivity index (χ2v) is 4.35. The van der Waals surface area contributed by atoms with Gasteiger partial charge in [-0.25, -0.2) is 8.78 Å². The molecule has 1 N–H and O–H groups in total. The van der Waals surface area contributed by atoms with Crippen LogP contribution < -0.4 is 0 Å². The van der Waals surface area contributed by atoms with E-state index in [4.69, 9.17) is 0 Å². The molecule has 0 bridgehead atoms. The molecule has 0 unspecified atom stereocenters. The van der Waals surface area contributed by atoms with Gasteiger partial charge < -0.3 is 5.11 Å². The minimum atomic E-state index is -1.11. The molecule has 76 valence electrons. The molecule has 1 aromatic rings. The van der Waals surface area contributed by atoms with Gasteiger partial charge in [-0.2, -0.15) is 0 Å². The molecular formula is C10H10F2OS. The third kappa shape index (κ3) is 1.53. The lowest BCUT2D eigenvalue weighted by molar-refractivity contribution is 0.145. The van der Waals surface area contributed by atoms with Crippen molar-refractivity contribution in [1.82, 2.24) is 0 Å². The zero-order valence-corrected chi connectivity index (χ0v) is 8.50. The molecule has 0 amide bonds. The summed E-state index contributed by atoms with van der Waals surface area (Å²) in [7, 11) is 0. The van der Waals surface area contributed by atoms with Crippen LogP contribution in [0.4, 0.5) is 8.78 Å². The number of hydrogen-bond donors (Lipinski definition) is 1. The van der Waals surface area contributed by atoms with Gasteiger partial charge in [-0.3, -0.25) is 0 Å². The summed E-state index contributed by atoms with van der Waals surface area (Å²) in [5.74, 6) is -0.982. The Morgan fingerprint density at radius 1 is 1.36 bits per heavy atom. The van der Waals surface area contributed by atoms with Crippen molar-refractivity contribution in [3.63, 3.8) is 0 Å². The number of aliphatic hydroxyl groups is 1. The second-order valence-electron chi connectivity index (χ2n) is 3.50. The van der Waals surface area contributed by atoms with Crippen LogP contribution in [0.15, 0.2) is 17.0 Å². The molecule has 0 spiro atoms. The molecule has 0 aliphatic heterocycles. The largest absolute Gasteiger partial charge is 0.385 e. The van der Waals surface area contributed by atoms with Gasteiger partial charge >= 0.3 is 0 Å². The summed E-state index contributed by atoms with van der Waals surface area (Å²) in [4.78, 5) is 0.250. The number of benzene rings is 1. The van der Waals surface area contributed by atoms with Crippen LogP contribution in [0.5, 0.6) is 0 Å². The van der Waals surface area contributed by atoms with E-state index in [-0.39, 0.29) is 10.5 Å². The first kappa shape index (κ1) is 9.93. The highest BCUT2D eigenvalue weighted by atomic mass is 32.2. The van der Waals surface area contributed by atoms with E-state index in [0.717, 1.165) is 23.9 Å². The first-order valence-corrected chi connectivity index (χ1v) is 5.55. The Morgan fingerprint density at radius 2 is 2.00 bits per heavy atom. The number of rotatable bonds is 2. The molecule has 1 aliphatic carbocycles. The van der Waals surface area contributed by atoms with Gasteiger partial charge in [-0.05, 0) is 31.2 Å². The summed E-state index contributed by atoms with van der Waals surface area (Å²) in [6, 6.07) is 2.23. The molecule has 1 saturated carbocycles. The van der Waals surface area contributed by atoms with Crippen LogP contribution in [0.2, 0.25) is 0 Å². The molecule has 0 aromatic heterocycles. The minimum absolute atomic E-state index is 0.0989. The Kier molecular flexibility index (Phi) is 2.27. The van der Waals surface area contributed by atoms with Gasteiger partial charge in [0.2, 0.25) is 0 Å². The highest BCUT2D eigenvalue weighted by Gasteiger charge is 2.44. The Balaban J connectivity index is 2.54. The third-order valence-corrected chi connectivity index (χ3v) is 3.19. The van der Waals surface area contributed by atoms with Crippen molar-refractivity contribution in [2.45, 2.75) is 23.3 Å². The van der Waals surface area contributed by atoms with Gasteiger partial charge in [0.05, 0.1) is 5.60 Å². The van der Waals surface area contributed by atoms with E-state index in [9.17, 15) is 13.9 Å². The summed E-state index contributed by atoms with van der Waals surface area (Å²) in [6.07, 6.45) is 2.71. The Labute approximate surface area is 85.1 Å². The van der Waals surface area contributed by atoms with E-state index in [1.165, 1.54) is 0 Å². The molecule has 14 heavy (non-hydrogen) atoms. The first-order valence-electron chi connectivity index (χ1n) is 4.33. The van der Waals surface area contributed by atoms with Crippen LogP contribution in [-0.4, -0.2) is 11.4 Å². The maximum Gasteiger partial charge on any atom is 0.143 e. The number of thioether (sulfide) groups is 1. The van der Waals surface area contributed by atoms with E-state index >= 15 is 0 Å². The van der Waals surface area contributed by atoms with Crippen LogP contribution in [0, 0.1) is 11.6 Å². The van der Waals surface area contributed by atoms with Gasteiger partial charge in [0.15, 0.2) is 0 Å². The van der Waals surface area contributed by atoms with Gasteiger partial charge in [-0.1, -0.05) is 0 Å². The third-order valence-electron chi connectivity index (χ3n) is 2.45. The smallest absolute Gasteiger partial charge is 0.143 e. The van der Waals surface area contributed by atoms with E-state index < -0.39 is 17.2 Å². The molecule has 1 fully saturated rings. The molecular weight excluding hydrogens is 206 g/mol. The molecule has 0 saturated heterocycles. The van der Waals surface area contributed by atoms with Crippen molar-refractivity contribution in [2.75, 3.05) is 6.26 Å². The lowest BCUT2D eigenvalue weighted by Gasteiger charge is -2.11. The standard InChI is InChI=1S/C10H10F2OS/c1-14-8-5-6(11)4-7(9(8)12)10(13)2-3-10/h4-5,13H,2-3H2,1H3. The monoisotopic (exact) mass is 216 g/mol. The van der Waals surface area contributed by atoms with Crippen molar-refractivity contribution in [3.05, 3.63) is 29.3 Å². The Hall–Kier alpha value is -0.610. The van der Waals surface area contributed by atoms with Gasteiger partial charge in [-0.15, -0.1) is 11.8 Å². The van der Waals surface area contributed by atoms with Crippen LogP contribution in [0.25, 0.3) is 0 Å². The molecule has 0 atom stereocenters. The minimum Gasteiger partial charge on any atom is -0.385 e. The molecule has 4 heteroatoms. The van der Waals surface area contributed by atoms with E-state index in [0.29, 0.717) is 12.8 Å². The summed E-state index contributed by atoms with van der Waals surface area (Å²) in [5, 5.41) is 9.71. The average Bonchev–Trinajstić information content (AvgIpc) is 2.88. The lowest BCUT2D eigenvalue weighted by atomic mass is 10.1. The van der Waals surface area contributed by atoms with Gasteiger partial charge in [0, 0.05) is 10.5 Å². The van der Waals surface area contributed by atoms with Crippen molar-refractivity contribution in [1.29, 1.82) is 0 Å². The predicted octanol–water partition coefficient (Wildman–Crippen LogP) is 2.67. The van der Waals surface area contributed by atoms with E-state index in [1.807, 2.05) is 0 Å². The highest BCUT2D eigenvalue weighted by molar-refractivity contribution is 7.98. The summed E-state index contributed by atoms with van der Waals surface area (Å²) >= 11 is 1.14. The molecule has 1 nitrogen and oxygen atoms in total.